The highest BCUT2D eigenvalue weighted by molar-refractivity contribution is 9.10. The number of nitrogens with zero attached hydrogens (tertiary/aromatic N) is 1. The van der Waals surface area contributed by atoms with Crippen LogP contribution in [0.3, 0.4) is 0 Å². The Bertz CT molecular complexity index is 429. The van der Waals surface area contributed by atoms with Crippen LogP contribution in [0.25, 0.3) is 0 Å². The molecule has 1 aromatic carbocycles. The van der Waals surface area contributed by atoms with Crippen molar-refractivity contribution >= 4 is 27.5 Å². The van der Waals surface area contributed by atoms with Gasteiger partial charge in [0.05, 0.1) is 12.3 Å². The van der Waals surface area contributed by atoms with E-state index in [0.29, 0.717) is 23.3 Å². The van der Waals surface area contributed by atoms with E-state index < -0.39 is 6.10 Å². The lowest BCUT2D eigenvalue weighted by molar-refractivity contribution is 0.115. The van der Waals surface area contributed by atoms with E-state index in [-0.39, 0.29) is 11.7 Å². The van der Waals surface area contributed by atoms with E-state index in [4.69, 9.17) is 15.7 Å². The third-order valence-electron chi connectivity index (χ3n) is 2.25. The van der Waals surface area contributed by atoms with Crippen molar-refractivity contribution in [2.24, 2.45) is 10.9 Å². The number of anilines is 1. The van der Waals surface area contributed by atoms with Crippen molar-refractivity contribution in [2.75, 3.05) is 18.5 Å². The highest BCUT2D eigenvalue weighted by atomic mass is 79.9. The number of ether oxygens (including phenoxy) is 1. The molecule has 1 rings (SSSR count). The molecule has 0 fully saturated rings. The normalized spacial score (nSPS) is 13.4. The van der Waals surface area contributed by atoms with Crippen LogP contribution < -0.4 is 11.1 Å². The van der Waals surface area contributed by atoms with Crippen LogP contribution in [0.4, 0.5) is 10.1 Å². The Kier molecular flexibility index (Phi) is 5.87. The van der Waals surface area contributed by atoms with Crippen molar-refractivity contribution in [2.45, 2.75) is 13.0 Å². The van der Waals surface area contributed by atoms with Gasteiger partial charge in [0.2, 0.25) is 0 Å². The van der Waals surface area contributed by atoms with Gasteiger partial charge < -0.3 is 21.0 Å². The van der Waals surface area contributed by atoms with Gasteiger partial charge in [0.1, 0.15) is 11.9 Å². The molecule has 18 heavy (non-hydrogen) atoms. The SMILES string of the molecule is CC(OCCNc1ccc(Br)cc1F)/C(N)=N/O. The van der Waals surface area contributed by atoms with E-state index in [1.54, 1.807) is 19.1 Å². The first kappa shape index (κ1) is 14.7. The highest BCUT2D eigenvalue weighted by Crippen LogP contribution is 2.18. The first-order chi connectivity index (χ1) is 8.54. The fraction of sp³-hybridized carbons (Fsp3) is 0.364. The number of oxime groups is 1. The Balaban J connectivity index is 2.34. The molecule has 5 nitrogen and oxygen atoms in total. The quantitative estimate of drug-likeness (QED) is 0.247. The summed E-state index contributed by atoms with van der Waals surface area (Å²) in [5.74, 6) is -0.335. The van der Waals surface area contributed by atoms with Crippen LogP contribution in [0.2, 0.25) is 0 Å². The topological polar surface area (TPSA) is 79.9 Å². The summed E-state index contributed by atoms with van der Waals surface area (Å²) in [5.41, 5.74) is 5.74. The van der Waals surface area contributed by atoms with Crippen LogP contribution in [-0.2, 0) is 4.74 Å². The van der Waals surface area contributed by atoms with E-state index in [1.807, 2.05) is 0 Å². The predicted molar refractivity (Wildman–Crippen MR) is 71.4 cm³/mol. The van der Waals surface area contributed by atoms with E-state index in [9.17, 15) is 4.39 Å². The van der Waals surface area contributed by atoms with Crippen LogP contribution in [0.5, 0.6) is 0 Å². The molecule has 0 bridgehead atoms. The molecule has 0 aliphatic carbocycles. The number of rotatable bonds is 6. The third-order valence-corrected chi connectivity index (χ3v) is 2.74. The van der Waals surface area contributed by atoms with Crippen LogP contribution in [0, 0.1) is 5.82 Å². The second kappa shape index (κ2) is 7.17. The number of amidine groups is 1. The second-order valence-electron chi connectivity index (χ2n) is 3.59. The number of hydrogen-bond acceptors (Lipinski definition) is 4. The summed E-state index contributed by atoms with van der Waals surface area (Å²) >= 11 is 3.18. The first-order valence-corrected chi connectivity index (χ1v) is 6.12. The van der Waals surface area contributed by atoms with Gasteiger partial charge in [-0.05, 0) is 25.1 Å². The van der Waals surface area contributed by atoms with Gasteiger partial charge in [-0.25, -0.2) is 4.39 Å². The Morgan fingerprint density at radius 3 is 3.00 bits per heavy atom. The van der Waals surface area contributed by atoms with Gasteiger partial charge in [-0.15, -0.1) is 0 Å². The fourth-order valence-electron chi connectivity index (χ4n) is 1.22. The van der Waals surface area contributed by atoms with E-state index in [0.717, 1.165) is 0 Å². The maximum Gasteiger partial charge on any atom is 0.168 e. The molecule has 0 heterocycles. The minimum absolute atomic E-state index is 0.00447. The summed E-state index contributed by atoms with van der Waals surface area (Å²) < 4.78 is 19.4. The van der Waals surface area contributed by atoms with Crippen LogP contribution in [0.15, 0.2) is 27.8 Å². The van der Waals surface area contributed by atoms with E-state index in [2.05, 4.69) is 26.4 Å². The second-order valence-corrected chi connectivity index (χ2v) is 4.50. The zero-order valence-electron chi connectivity index (χ0n) is 9.86. The smallest absolute Gasteiger partial charge is 0.168 e. The summed E-state index contributed by atoms with van der Waals surface area (Å²) in [6.07, 6.45) is -0.480. The molecule has 0 spiro atoms. The molecule has 0 saturated carbocycles. The molecule has 7 heteroatoms. The van der Waals surface area contributed by atoms with E-state index in [1.165, 1.54) is 6.07 Å². The Labute approximate surface area is 113 Å². The summed E-state index contributed by atoms with van der Waals surface area (Å²) in [6, 6.07) is 4.75. The summed E-state index contributed by atoms with van der Waals surface area (Å²) in [4.78, 5) is 0. The molecule has 1 aromatic rings. The molecule has 100 valence electrons. The van der Waals surface area contributed by atoms with Crippen molar-refractivity contribution in [1.29, 1.82) is 0 Å². The maximum atomic E-state index is 13.4. The maximum absolute atomic E-state index is 13.4. The lowest BCUT2D eigenvalue weighted by Gasteiger charge is -2.12. The zero-order valence-corrected chi connectivity index (χ0v) is 11.4. The predicted octanol–water partition coefficient (Wildman–Crippen LogP) is 2.15. The zero-order chi connectivity index (χ0) is 13.5. The van der Waals surface area contributed by atoms with Gasteiger partial charge in [-0.1, -0.05) is 21.1 Å². The first-order valence-electron chi connectivity index (χ1n) is 5.32. The summed E-state index contributed by atoms with van der Waals surface area (Å²) in [6.45, 7) is 2.39. The number of nitrogens with two attached hydrogens (primary N) is 1. The fourth-order valence-corrected chi connectivity index (χ4v) is 1.55. The average Bonchev–Trinajstić information content (AvgIpc) is 2.35. The van der Waals surface area contributed by atoms with Gasteiger partial charge in [-0.3, -0.25) is 0 Å². The molecule has 1 unspecified atom stereocenters. The highest BCUT2D eigenvalue weighted by Gasteiger charge is 2.07. The number of halogens is 2. The van der Waals surface area contributed by atoms with Gasteiger partial charge in [0.25, 0.3) is 0 Å². The third kappa shape index (κ3) is 4.50. The van der Waals surface area contributed by atoms with Crippen molar-refractivity contribution in [3.8, 4) is 0 Å². The van der Waals surface area contributed by atoms with Crippen LogP contribution in [-0.4, -0.2) is 30.3 Å². The van der Waals surface area contributed by atoms with Gasteiger partial charge in [0.15, 0.2) is 5.84 Å². The molecule has 0 saturated heterocycles. The number of benzene rings is 1. The van der Waals surface area contributed by atoms with Crippen LogP contribution in [0.1, 0.15) is 6.92 Å². The molecular weight excluding hydrogens is 305 g/mol. The summed E-state index contributed by atoms with van der Waals surface area (Å²) in [7, 11) is 0. The monoisotopic (exact) mass is 319 g/mol. The van der Waals surface area contributed by atoms with Gasteiger partial charge in [-0.2, -0.15) is 0 Å². The number of nitrogens with one attached hydrogen (secondary N) is 1. The molecule has 0 radical (unpaired) electrons. The molecule has 1 atom stereocenters. The largest absolute Gasteiger partial charge is 0.409 e. The van der Waals surface area contributed by atoms with Gasteiger partial charge >= 0.3 is 0 Å². The molecular formula is C11H15BrFN3O2. The van der Waals surface area contributed by atoms with Crippen molar-refractivity contribution in [3.63, 3.8) is 0 Å². The number of hydrogen-bond donors (Lipinski definition) is 3. The van der Waals surface area contributed by atoms with Crippen molar-refractivity contribution < 1.29 is 14.3 Å². The Hall–Kier alpha value is -1.34. The minimum Gasteiger partial charge on any atom is -0.409 e. The molecule has 0 aromatic heterocycles. The van der Waals surface area contributed by atoms with Crippen LogP contribution >= 0.6 is 15.9 Å². The Morgan fingerprint density at radius 2 is 2.39 bits per heavy atom. The summed E-state index contributed by atoms with van der Waals surface area (Å²) in [5, 5.41) is 14.1. The van der Waals surface area contributed by atoms with Crippen molar-refractivity contribution in [1.82, 2.24) is 0 Å². The average molecular weight is 320 g/mol. The molecule has 0 aliphatic heterocycles. The van der Waals surface area contributed by atoms with Gasteiger partial charge in [0, 0.05) is 11.0 Å². The van der Waals surface area contributed by atoms with E-state index >= 15 is 0 Å². The Morgan fingerprint density at radius 1 is 1.67 bits per heavy atom. The standard InChI is InChI=1S/C11H15BrFN3O2/c1-7(11(14)16-17)18-5-4-15-10-3-2-8(12)6-9(10)13/h2-3,6-7,15,17H,4-5H2,1H3,(H2,14,16). The minimum atomic E-state index is -0.480. The lowest BCUT2D eigenvalue weighted by Crippen LogP contribution is -2.30. The lowest BCUT2D eigenvalue weighted by atomic mass is 10.3. The van der Waals surface area contributed by atoms with Crippen molar-refractivity contribution in [3.05, 3.63) is 28.5 Å². The molecule has 4 N–H and O–H groups in total. The molecule has 0 amide bonds. The molecule has 0 aliphatic rings.